The number of thiocarbonyl (C=S) groups is 1. The average Bonchev–Trinajstić information content (AvgIpc) is 2.82. The average molecular weight is 276 g/mol. The largest absolute Gasteiger partial charge is 0.389 e. The molecule has 94 valence electrons. The fourth-order valence-corrected chi connectivity index (χ4v) is 2.68. The Kier molecular flexibility index (Phi) is 4.33. The predicted octanol–water partition coefficient (Wildman–Crippen LogP) is 3.35. The number of hydrogen-bond donors (Lipinski definition) is 2. The Hall–Kier alpha value is -1.39. The van der Waals surface area contributed by atoms with Crippen LogP contribution in [0.4, 0.5) is 5.69 Å². The molecule has 0 radical (unpaired) electrons. The second kappa shape index (κ2) is 5.98. The number of nitrogens with two attached hydrogens (primary N) is 1. The van der Waals surface area contributed by atoms with Crippen LogP contribution in [0.1, 0.15) is 16.7 Å². The van der Waals surface area contributed by atoms with Gasteiger partial charge in [-0.15, -0.1) is 0 Å². The smallest absolute Gasteiger partial charge is 0.106 e. The SMILES string of the molecule is Cc1ccc(C(N)=S)c(NCCc2ccsc2)c1. The quantitative estimate of drug-likeness (QED) is 0.823. The minimum atomic E-state index is 0.438. The molecule has 0 saturated heterocycles. The summed E-state index contributed by atoms with van der Waals surface area (Å²) in [5.74, 6) is 0. The van der Waals surface area contributed by atoms with Crippen molar-refractivity contribution in [3.63, 3.8) is 0 Å². The first-order chi connectivity index (χ1) is 8.66. The van der Waals surface area contributed by atoms with Gasteiger partial charge in [-0.25, -0.2) is 0 Å². The Balaban J connectivity index is 2.03. The van der Waals surface area contributed by atoms with Crippen molar-refractivity contribution in [3.8, 4) is 0 Å². The second-order valence-electron chi connectivity index (χ2n) is 4.22. The number of nitrogens with one attached hydrogen (secondary N) is 1. The van der Waals surface area contributed by atoms with Crippen LogP contribution < -0.4 is 11.1 Å². The zero-order valence-corrected chi connectivity index (χ0v) is 11.9. The summed E-state index contributed by atoms with van der Waals surface area (Å²) in [5.41, 5.74) is 10.2. The van der Waals surface area contributed by atoms with Crippen molar-refractivity contribution in [2.45, 2.75) is 13.3 Å². The van der Waals surface area contributed by atoms with Crippen LogP contribution in [-0.2, 0) is 6.42 Å². The summed E-state index contributed by atoms with van der Waals surface area (Å²) in [6.07, 6.45) is 1.01. The van der Waals surface area contributed by atoms with E-state index in [1.54, 1.807) is 11.3 Å². The number of thiophene rings is 1. The van der Waals surface area contributed by atoms with Crippen molar-refractivity contribution in [1.29, 1.82) is 0 Å². The molecule has 0 amide bonds. The van der Waals surface area contributed by atoms with Gasteiger partial charge >= 0.3 is 0 Å². The third kappa shape index (κ3) is 3.31. The van der Waals surface area contributed by atoms with Crippen LogP contribution in [0.25, 0.3) is 0 Å². The zero-order chi connectivity index (χ0) is 13.0. The number of benzene rings is 1. The topological polar surface area (TPSA) is 38.0 Å². The molecule has 4 heteroatoms. The van der Waals surface area contributed by atoms with E-state index in [1.807, 2.05) is 12.1 Å². The lowest BCUT2D eigenvalue weighted by molar-refractivity contribution is 1.03. The molecule has 1 aromatic heterocycles. The first-order valence-electron chi connectivity index (χ1n) is 5.82. The fraction of sp³-hybridized carbons (Fsp3) is 0.214. The van der Waals surface area contributed by atoms with E-state index >= 15 is 0 Å². The van der Waals surface area contributed by atoms with Crippen molar-refractivity contribution in [2.75, 3.05) is 11.9 Å². The molecular weight excluding hydrogens is 260 g/mol. The van der Waals surface area contributed by atoms with Gasteiger partial charge in [-0.3, -0.25) is 0 Å². The minimum Gasteiger partial charge on any atom is -0.389 e. The van der Waals surface area contributed by atoms with Crippen molar-refractivity contribution < 1.29 is 0 Å². The van der Waals surface area contributed by atoms with Gasteiger partial charge in [0.1, 0.15) is 4.99 Å². The highest BCUT2D eigenvalue weighted by atomic mass is 32.1. The summed E-state index contributed by atoms with van der Waals surface area (Å²) in [5, 5.41) is 7.68. The van der Waals surface area contributed by atoms with Gasteiger partial charge in [-0.1, -0.05) is 18.3 Å². The van der Waals surface area contributed by atoms with Crippen molar-refractivity contribution in [3.05, 3.63) is 51.7 Å². The summed E-state index contributed by atoms with van der Waals surface area (Å²) in [6, 6.07) is 8.24. The highest BCUT2D eigenvalue weighted by Gasteiger charge is 2.05. The van der Waals surface area contributed by atoms with E-state index in [9.17, 15) is 0 Å². The van der Waals surface area contributed by atoms with Crippen LogP contribution in [0.3, 0.4) is 0 Å². The molecule has 2 aromatic rings. The van der Waals surface area contributed by atoms with E-state index in [2.05, 4.69) is 35.1 Å². The maximum atomic E-state index is 5.72. The Morgan fingerprint density at radius 3 is 2.89 bits per heavy atom. The molecule has 0 unspecified atom stereocenters. The van der Waals surface area contributed by atoms with Crippen LogP contribution in [-0.4, -0.2) is 11.5 Å². The molecule has 0 aliphatic carbocycles. The van der Waals surface area contributed by atoms with E-state index in [4.69, 9.17) is 18.0 Å². The number of aryl methyl sites for hydroxylation is 1. The first kappa shape index (κ1) is 13.1. The highest BCUT2D eigenvalue weighted by molar-refractivity contribution is 7.80. The van der Waals surface area contributed by atoms with E-state index in [-0.39, 0.29) is 0 Å². The van der Waals surface area contributed by atoms with Gasteiger partial charge in [0, 0.05) is 17.8 Å². The zero-order valence-electron chi connectivity index (χ0n) is 10.3. The standard InChI is InChI=1S/C14H16N2S2/c1-10-2-3-12(14(15)17)13(8-10)16-6-4-11-5-7-18-9-11/h2-3,5,7-9,16H,4,6H2,1H3,(H2,15,17). The molecule has 3 N–H and O–H groups in total. The number of anilines is 1. The van der Waals surface area contributed by atoms with E-state index in [0.29, 0.717) is 4.99 Å². The lowest BCUT2D eigenvalue weighted by Gasteiger charge is -2.11. The predicted molar refractivity (Wildman–Crippen MR) is 83.6 cm³/mol. The van der Waals surface area contributed by atoms with Crippen molar-refractivity contribution >= 4 is 34.2 Å². The van der Waals surface area contributed by atoms with E-state index < -0.39 is 0 Å². The maximum absolute atomic E-state index is 5.72. The molecule has 0 fully saturated rings. The summed E-state index contributed by atoms with van der Waals surface area (Å²) in [7, 11) is 0. The van der Waals surface area contributed by atoms with Crippen molar-refractivity contribution in [2.24, 2.45) is 5.73 Å². The Morgan fingerprint density at radius 1 is 1.39 bits per heavy atom. The third-order valence-corrected chi connectivity index (χ3v) is 3.70. The fourth-order valence-electron chi connectivity index (χ4n) is 1.80. The molecular formula is C14H16N2S2. The molecule has 0 bridgehead atoms. The molecule has 1 aromatic carbocycles. The van der Waals surface area contributed by atoms with Crippen molar-refractivity contribution in [1.82, 2.24) is 0 Å². The van der Waals surface area contributed by atoms with Gasteiger partial charge in [0.25, 0.3) is 0 Å². The normalized spacial score (nSPS) is 10.3. The lowest BCUT2D eigenvalue weighted by Crippen LogP contribution is -2.14. The van der Waals surface area contributed by atoms with Gasteiger partial charge in [-0.2, -0.15) is 11.3 Å². The van der Waals surface area contributed by atoms with Gasteiger partial charge < -0.3 is 11.1 Å². The molecule has 0 atom stereocenters. The van der Waals surface area contributed by atoms with E-state index in [0.717, 1.165) is 24.2 Å². The first-order valence-corrected chi connectivity index (χ1v) is 7.17. The monoisotopic (exact) mass is 276 g/mol. The molecule has 0 spiro atoms. The Bertz CT molecular complexity index is 533. The summed E-state index contributed by atoms with van der Waals surface area (Å²) >= 11 is 6.79. The summed E-state index contributed by atoms with van der Waals surface area (Å²) in [4.78, 5) is 0.438. The molecule has 1 heterocycles. The second-order valence-corrected chi connectivity index (χ2v) is 5.44. The van der Waals surface area contributed by atoms with Gasteiger partial charge in [0.05, 0.1) is 0 Å². The molecule has 0 saturated carbocycles. The number of rotatable bonds is 5. The van der Waals surface area contributed by atoms with Crippen LogP contribution in [0.5, 0.6) is 0 Å². The Labute approximate surface area is 117 Å². The number of hydrogen-bond acceptors (Lipinski definition) is 3. The molecule has 0 aliphatic rings. The summed E-state index contributed by atoms with van der Waals surface area (Å²) in [6.45, 7) is 2.95. The van der Waals surface area contributed by atoms with Gasteiger partial charge in [0.15, 0.2) is 0 Å². The van der Waals surface area contributed by atoms with Crippen LogP contribution >= 0.6 is 23.6 Å². The maximum Gasteiger partial charge on any atom is 0.106 e. The molecule has 0 aliphatic heterocycles. The Morgan fingerprint density at radius 2 is 2.22 bits per heavy atom. The third-order valence-electron chi connectivity index (χ3n) is 2.75. The van der Waals surface area contributed by atoms with Gasteiger partial charge in [-0.05, 0) is 53.4 Å². The van der Waals surface area contributed by atoms with Gasteiger partial charge in [0.2, 0.25) is 0 Å². The molecule has 2 nitrogen and oxygen atoms in total. The summed E-state index contributed by atoms with van der Waals surface area (Å²) < 4.78 is 0. The molecule has 18 heavy (non-hydrogen) atoms. The molecule has 2 rings (SSSR count). The highest BCUT2D eigenvalue weighted by Crippen LogP contribution is 2.18. The van der Waals surface area contributed by atoms with Crippen LogP contribution in [0, 0.1) is 6.92 Å². The van der Waals surface area contributed by atoms with Crippen LogP contribution in [0.2, 0.25) is 0 Å². The minimum absolute atomic E-state index is 0.438. The van der Waals surface area contributed by atoms with Crippen LogP contribution in [0.15, 0.2) is 35.0 Å². The lowest BCUT2D eigenvalue weighted by atomic mass is 10.1. The van der Waals surface area contributed by atoms with E-state index in [1.165, 1.54) is 11.1 Å².